The van der Waals surface area contributed by atoms with Crippen molar-refractivity contribution in [3.05, 3.63) is 70.2 Å². The summed E-state index contributed by atoms with van der Waals surface area (Å²) in [5.74, 6) is 0.682. The molecule has 1 nitrogen and oxygen atoms in total. The van der Waals surface area contributed by atoms with Crippen LogP contribution in [0.5, 0.6) is 0 Å². The Morgan fingerprint density at radius 3 is 2.43 bits per heavy atom. The number of likely N-dealkylation sites (N-methyl/N-ethyl adjacent to an activating group) is 1. The number of fused-ring (bicyclic) bond motifs is 1. The van der Waals surface area contributed by atoms with E-state index in [9.17, 15) is 0 Å². The van der Waals surface area contributed by atoms with Crippen LogP contribution in [-0.4, -0.2) is 12.6 Å². The zero-order valence-electron chi connectivity index (χ0n) is 12.5. The number of rotatable bonds is 5. The summed E-state index contributed by atoms with van der Waals surface area (Å²) in [5, 5.41) is 4.52. The van der Waals surface area contributed by atoms with Gasteiger partial charge in [-0.3, -0.25) is 0 Å². The van der Waals surface area contributed by atoms with E-state index in [-0.39, 0.29) is 0 Å². The van der Waals surface area contributed by atoms with Crippen LogP contribution in [0.1, 0.15) is 23.6 Å². The maximum atomic E-state index is 6.12. The molecule has 21 heavy (non-hydrogen) atoms. The smallest absolute Gasteiger partial charge is 0.0408 e. The van der Waals surface area contributed by atoms with Gasteiger partial charge in [0.25, 0.3) is 0 Å². The van der Waals surface area contributed by atoms with Crippen molar-refractivity contribution in [3.63, 3.8) is 0 Å². The third kappa shape index (κ3) is 3.48. The van der Waals surface area contributed by atoms with Gasteiger partial charge >= 0.3 is 0 Å². The number of benzene rings is 2. The van der Waals surface area contributed by atoms with Gasteiger partial charge in [-0.05, 0) is 60.5 Å². The molecule has 2 aromatic carbocycles. The van der Waals surface area contributed by atoms with Crippen LogP contribution in [0.3, 0.4) is 0 Å². The molecule has 0 amide bonds. The van der Waals surface area contributed by atoms with Crippen molar-refractivity contribution < 1.29 is 0 Å². The van der Waals surface area contributed by atoms with E-state index in [1.165, 1.54) is 29.5 Å². The lowest BCUT2D eigenvalue weighted by Crippen LogP contribution is -2.38. The van der Waals surface area contributed by atoms with Gasteiger partial charge in [0, 0.05) is 11.1 Å². The molecule has 0 radical (unpaired) electrons. The van der Waals surface area contributed by atoms with Crippen molar-refractivity contribution in [3.8, 4) is 0 Å². The first kappa shape index (κ1) is 14.6. The molecule has 0 saturated carbocycles. The monoisotopic (exact) mass is 299 g/mol. The number of hydrogen-bond donors (Lipinski definition) is 1. The fourth-order valence-corrected chi connectivity index (χ4v) is 3.68. The fourth-order valence-electron chi connectivity index (χ4n) is 3.46. The van der Waals surface area contributed by atoms with E-state index in [4.69, 9.17) is 11.6 Å². The molecular weight excluding hydrogens is 278 g/mol. The molecule has 110 valence electrons. The lowest BCUT2D eigenvalue weighted by molar-refractivity contribution is 0.368. The largest absolute Gasteiger partial charge is 0.314 e. The van der Waals surface area contributed by atoms with Gasteiger partial charge in [-0.2, -0.15) is 0 Å². The Balaban J connectivity index is 1.74. The Kier molecular flexibility index (Phi) is 4.62. The molecule has 0 saturated heterocycles. The molecule has 0 aliphatic heterocycles. The Hall–Kier alpha value is -1.31. The zero-order chi connectivity index (χ0) is 14.7. The number of hydrogen-bond acceptors (Lipinski definition) is 1. The molecule has 1 atom stereocenters. The van der Waals surface area contributed by atoms with Gasteiger partial charge in [0.1, 0.15) is 0 Å². The second-order valence-electron chi connectivity index (χ2n) is 5.94. The van der Waals surface area contributed by atoms with Crippen LogP contribution in [0.25, 0.3) is 0 Å². The summed E-state index contributed by atoms with van der Waals surface area (Å²) in [4.78, 5) is 0. The molecule has 1 unspecified atom stereocenters. The van der Waals surface area contributed by atoms with Crippen LogP contribution < -0.4 is 5.32 Å². The van der Waals surface area contributed by atoms with E-state index < -0.39 is 0 Å². The van der Waals surface area contributed by atoms with Gasteiger partial charge in [-0.25, -0.2) is 0 Å². The lowest BCUT2D eigenvalue weighted by atomic mass is 9.91. The predicted octanol–water partition coefficient (Wildman–Crippen LogP) is 4.28. The van der Waals surface area contributed by atoms with E-state index in [0.717, 1.165) is 18.0 Å². The van der Waals surface area contributed by atoms with Crippen LogP contribution in [-0.2, 0) is 19.3 Å². The lowest BCUT2D eigenvalue weighted by Gasteiger charge is -2.24. The molecule has 2 aromatic rings. The zero-order valence-corrected chi connectivity index (χ0v) is 13.2. The van der Waals surface area contributed by atoms with E-state index in [1.54, 1.807) is 0 Å². The van der Waals surface area contributed by atoms with Crippen LogP contribution >= 0.6 is 11.6 Å². The first-order valence-corrected chi connectivity index (χ1v) is 8.18. The van der Waals surface area contributed by atoms with Crippen molar-refractivity contribution in [2.75, 3.05) is 6.54 Å². The average molecular weight is 300 g/mol. The highest BCUT2D eigenvalue weighted by Crippen LogP contribution is 2.30. The minimum atomic E-state index is 0.515. The first-order chi connectivity index (χ1) is 10.3. The third-order valence-corrected chi connectivity index (χ3v) is 4.70. The summed E-state index contributed by atoms with van der Waals surface area (Å²) in [6.45, 7) is 3.20. The molecule has 0 spiro atoms. The number of nitrogens with one attached hydrogen (secondary N) is 1. The summed E-state index contributed by atoms with van der Waals surface area (Å²) in [7, 11) is 0. The van der Waals surface area contributed by atoms with Gasteiger partial charge in [0.05, 0.1) is 0 Å². The molecule has 0 fully saturated rings. The van der Waals surface area contributed by atoms with Gasteiger partial charge in [0.15, 0.2) is 0 Å². The van der Waals surface area contributed by atoms with E-state index in [0.29, 0.717) is 12.0 Å². The summed E-state index contributed by atoms with van der Waals surface area (Å²) < 4.78 is 0. The van der Waals surface area contributed by atoms with Crippen LogP contribution in [0.15, 0.2) is 48.5 Å². The van der Waals surface area contributed by atoms with E-state index >= 15 is 0 Å². The third-order valence-electron chi connectivity index (χ3n) is 4.46. The fraction of sp³-hybridized carbons (Fsp3) is 0.368. The summed E-state index contributed by atoms with van der Waals surface area (Å²) in [6.07, 6.45) is 3.43. The molecule has 1 N–H and O–H groups in total. The molecule has 0 bridgehead atoms. The van der Waals surface area contributed by atoms with Crippen molar-refractivity contribution in [2.24, 2.45) is 5.92 Å². The second-order valence-corrected chi connectivity index (χ2v) is 6.37. The van der Waals surface area contributed by atoms with Crippen molar-refractivity contribution in [1.29, 1.82) is 0 Å². The van der Waals surface area contributed by atoms with Crippen LogP contribution in [0.2, 0.25) is 5.02 Å². The minimum absolute atomic E-state index is 0.515. The first-order valence-electron chi connectivity index (χ1n) is 7.81. The van der Waals surface area contributed by atoms with Crippen LogP contribution in [0, 0.1) is 5.92 Å². The SMILES string of the molecule is CCNC(Cc1cccc(Cl)c1)C1Cc2ccccc2C1. The molecule has 1 aliphatic carbocycles. The van der Waals surface area contributed by atoms with E-state index in [1.807, 2.05) is 12.1 Å². The van der Waals surface area contributed by atoms with Crippen molar-refractivity contribution in [1.82, 2.24) is 5.32 Å². The minimum Gasteiger partial charge on any atom is -0.314 e. The highest BCUT2D eigenvalue weighted by atomic mass is 35.5. The molecule has 3 rings (SSSR count). The second kappa shape index (κ2) is 6.64. The van der Waals surface area contributed by atoms with Gasteiger partial charge in [-0.15, -0.1) is 0 Å². The highest BCUT2D eigenvalue weighted by molar-refractivity contribution is 6.30. The Morgan fingerprint density at radius 2 is 1.81 bits per heavy atom. The summed E-state index contributed by atoms with van der Waals surface area (Å²) in [6, 6.07) is 17.6. The predicted molar refractivity (Wildman–Crippen MR) is 90.0 cm³/mol. The summed E-state index contributed by atoms with van der Waals surface area (Å²) >= 11 is 6.12. The highest BCUT2D eigenvalue weighted by Gasteiger charge is 2.28. The van der Waals surface area contributed by atoms with Crippen LogP contribution in [0.4, 0.5) is 0 Å². The Morgan fingerprint density at radius 1 is 1.10 bits per heavy atom. The normalized spacial score (nSPS) is 15.9. The average Bonchev–Trinajstić information content (AvgIpc) is 2.91. The van der Waals surface area contributed by atoms with Crippen molar-refractivity contribution >= 4 is 11.6 Å². The Bertz CT molecular complexity index is 583. The van der Waals surface area contributed by atoms with Gasteiger partial charge in [0.2, 0.25) is 0 Å². The summed E-state index contributed by atoms with van der Waals surface area (Å²) in [5.41, 5.74) is 4.37. The van der Waals surface area contributed by atoms with E-state index in [2.05, 4.69) is 48.6 Å². The molecular formula is C19H22ClN. The molecule has 2 heteroatoms. The quantitative estimate of drug-likeness (QED) is 0.869. The Labute approximate surface area is 132 Å². The standard InChI is InChI=1S/C19H22ClN/c1-2-21-19(11-14-6-5-9-18(20)10-14)17-12-15-7-3-4-8-16(15)13-17/h3-10,17,19,21H,2,11-13H2,1H3. The molecule has 0 aromatic heterocycles. The number of halogens is 1. The van der Waals surface area contributed by atoms with Crippen molar-refractivity contribution in [2.45, 2.75) is 32.2 Å². The topological polar surface area (TPSA) is 12.0 Å². The maximum Gasteiger partial charge on any atom is 0.0408 e. The molecule has 1 aliphatic rings. The maximum absolute atomic E-state index is 6.12. The van der Waals surface area contributed by atoms with Gasteiger partial charge < -0.3 is 5.32 Å². The molecule has 0 heterocycles. The van der Waals surface area contributed by atoms with Gasteiger partial charge in [-0.1, -0.05) is 54.9 Å².